The van der Waals surface area contributed by atoms with Gasteiger partial charge in [0, 0.05) is 24.4 Å². The normalized spacial score (nSPS) is 21.6. The molecule has 0 fully saturated rings. The molecule has 1 amide bonds. The third-order valence-electron chi connectivity index (χ3n) is 6.42. The van der Waals surface area contributed by atoms with Crippen molar-refractivity contribution in [3.05, 3.63) is 99.3 Å². The van der Waals surface area contributed by atoms with Crippen molar-refractivity contribution in [3.8, 4) is 0 Å². The van der Waals surface area contributed by atoms with Crippen molar-refractivity contribution in [2.75, 3.05) is 12.4 Å². The Labute approximate surface area is 182 Å². The van der Waals surface area contributed by atoms with Crippen molar-refractivity contribution in [3.63, 3.8) is 0 Å². The zero-order chi connectivity index (χ0) is 20.7. The maximum absolute atomic E-state index is 13.4. The van der Waals surface area contributed by atoms with Gasteiger partial charge in [-0.15, -0.1) is 11.3 Å². The summed E-state index contributed by atoms with van der Waals surface area (Å²) in [6.45, 7) is 2.79. The number of nitrogens with zero attached hydrogens (tertiary/aromatic N) is 1. The van der Waals surface area contributed by atoms with E-state index in [4.69, 9.17) is 0 Å². The Morgan fingerprint density at radius 2 is 1.97 bits per heavy atom. The number of para-hydroxylation sites is 1. The minimum atomic E-state index is 0.0604. The number of thiophene rings is 1. The summed E-state index contributed by atoms with van der Waals surface area (Å²) in [7, 11) is 1.89. The average Bonchev–Trinajstić information content (AvgIpc) is 3.42. The average molecular weight is 415 g/mol. The molecule has 0 radical (unpaired) electrons. The second-order valence-electron chi connectivity index (χ2n) is 8.36. The molecule has 0 spiro atoms. The summed E-state index contributed by atoms with van der Waals surface area (Å²) >= 11 is 1.82. The number of hydrogen-bond donors (Lipinski definition) is 1. The van der Waals surface area contributed by atoms with E-state index in [0.29, 0.717) is 18.4 Å². The van der Waals surface area contributed by atoms with E-state index in [2.05, 4.69) is 54.0 Å². The van der Waals surface area contributed by atoms with Gasteiger partial charge in [-0.1, -0.05) is 54.6 Å². The molecule has 1 aliphatic carbocycles. The molecule has 3 aromatic rings. The zero-order valence-electron chi connectivity index (χ0n) is 17.3. The summed E-state index contributed by atoms with van der Waals surface area (Å²) in [6, 6.07) is 18.8. The largest absolute Gasteiger partial charge is 0.376 e. The van der Waals surface area contributed by atoms with E-state index in [1.54, 1.807) is 0 Å². The number of aryl methyl sites for hydroxylation is 1. The Bertz CT molecular complexity index is 1100. The molecule has 30 heavy (non-hydrogen) atoms. The number of allylic oxidation sites excluding steroid dienone is 2. The summed E-state index contributed by atoms with van der Waals surface area (Å²) in [5, 5.41) is 5.97. The van der Waals surface area contributed by atoms with Gasteiger partial charge in [-0.2, -0.15) is 0 Å². The maximum Gasteiger partial charge on any atom is 0.256 e. The van der Waals surface area contributed by atoms with Crippen LogP contribution in [0.25, 0.3) is 0 Å². The summed E-state index contributed by atoms with van der Waals surface area (Å²) < 4.78 is 0. The summed E-state index contributed by atoms with van der Waals surface area (Å²) in [5.41, 5.74) is 5.49. The first kappa shape index (κ1) is 19.1. The van der Waals surface area contributed by atoms with E-state index >= 15 is 0 Å². The van der Waals surface area contributed by atoms with Crippen LogP contribution in [0.1, 0.15) is 50.3 Å². The van der Waals surface area contributed by atoms with Crippen LogP contribution < -0.4 is 5.32 Å². The molecule has 152 valence electrons. The third-order valence-corrected chi connectivity index (χ3v) is 7.52. The minimum Gasteiger partial charge on any atom is -0.376 e. The van der Waals surface area contributed by atoms with Crippen LogP contribution in [0, 0.1) is 12.8 Å². The fraction of sp³-hybridized carbons (Fsp3) is 0.269. The van der Waals surface area contributed by atoms with Crippen molar-refractivity contribution < 1.29 is 4.79 Å². The first-order valence-corrected chi connectivity index (χ1v) is 11.4. The number of hydrogen-bond acceptors (Lipinski definition) is 3. The first-order valence-electron chi connectivity index (χ1n) is 10.5. The van der Waals surface area contributed by atoms with Crippen LogP contribution >= 0.6 is 11.3 Å². The number of rotatable bonds is 4. The Hall–Kier alpha value is -2.85. The van der Waals surface area contributed by atoms with E-state index < -0.39 is 0 Å². The SMILES string of the molecule is Cc1ccsc1C1Nc2c(C(=O)N(C)Cc3ccccc3)cccc2C2C=CCC21. The number of amides is 1. The fourth-order valence-electron chi connectivity index (χ4n) is 4.90. The minimum absolute atomic E-state index is 0.0604. The number of carbonyl (C=O) groups excluding carboxylic acids is 1. The molecule has 0 saturated carbocycles. The van der Waals surface area contributed by atoms with Crippen LogP contribution in [0.3, 0.4) is 0 Å². The molecular formula is C26H26N2OS. The molecular weight excluding hydrogens is 388 g/mol. The van der Waals surface area contributed by atoms with Gasteiger partial charge in [-0.25, -0.2) is 0 Å². The van der Waals surface area contributed by atoms with Gasteiger partial charge >= 0.3 is 0 Å². The van der Waals surface area contributed by atoms with E-state index in [1.165, 1.54) is 16.0 Å². The second kappa shape index (κ2) is 7.77. The standard InChI is InChI=1S/C26H26N2OS/c1-17-14-15-30-25(17)24-21-12-6-10-19(21)20-11-7-13-22(23(20)27-24)26(29)28(2)16-18-8-4-3-5-9-18/h3-11,13-15,19,21,24,27H,12,16H2,1-2H3. The van der Waals surface area contributed by atoms with Gasteiger partial charge in [0.25, 0.3) is 5.91 Å². The van der Waals surface area contributed by atoms with Crippen molar-refractivity contribution in [2.24, 2.45) is 5.92 Å². The van der Waals surface area contributed by atoms with Gasteiger partial charge in [-0.05, 0) is 53.5 Å². The summed E-state index contributed by atoms with van der Waals surface area (Å²) in [4.78, 5) is 16.6. The molecule has 1 aromatic heterocycles. The lowest BCUT2D eigenvalue weighted by Gasteiger charge is -2.38. The van der Waals surface area contributed by atoms with Gasteiger partial charge in [0.2, 0.25) is 0 Å². The number of carbonyl (C=O) groups is 1. The Morgan fingerprint density at radius 1 is 1.13 bits per heavy atom. The van der Waals surface area contributed by atoms with Gasteiger partial charge in [0.05, 0.1) is 17.3 Å². The molecule has 2 aromatic carbocycles. The van der Waals surface area contributed by atoms with Crippen LogP contribution in [0.15, 0.2) is 72.1 Å². The molecule has 3 atom stereocenters. The van der Waals surface area contributed by atoms with Gasteiger partial charge in [-0.3, -0.25) is 4.79 Å². The highest BCUT2D eigenvalue weighted by molar-refractivity contribution is 7.10. The molecule has 2 aliphatic rings. The van der Waals surface area contributed by atoms with Crippen molar-refractivity contribution in [1.29, 1.82) is 0 Å². The van der Waals surface area contributed by atoms with Crippen molar-refractivity contribution in [2.45, 2.75) is 31.8 Å². The Morgan fingerprint density at radius 3 is 2.73 bits per heavy atom. The second-order valence-corrected chi connectivity index (χ2v) is 9.31. The molecule has 0 saturated heterocycles. The Balaban J connectivity index is 1.51. The lowest BCUT2D eigenvalue weighted by molar-refractivity contribution is 0.0785. The quantitative estimate of drug-likeness (QED) is 0.519. The number of anilines is 1. The summed E-state index contributed by atoms with van der Waals surface area (Å²) in [6.07, 6.45) is 5.71. The summed E-state index contributed by atoms with van der Waals surface area (Å²) in [5.74, 6) is 0.924. The van der Waals surface area contributed by atoms with E-state index in [1.807, 2.05) is 53.6 Å². The smallest absolute Gasteiger partial charge is 0.256 e. The van der Waals surface area contributed by atoms with Gasteiger partial charge in [0.15, 0.2) is 0 Å². The predicted octanol–water partition coefficient (Wildman–Crippen LogP) is 6.16. The Kier molecular flexibility index (Phi) is 4.95. The molecule has 3 unspecified atom stereocenters. The maximum atomic E-state index is 13.4. The molecule has 2 heterocycles. The molecule has 1 aliphatic heterocycles. The van der Waals surface area contributed by atoms with Crippen LogP contribution in [0.4, 0.5) is 5.69 Å². The van der Waals surface area contributed by atoms with Gasteiger partial charge < -0.3 is 10.2 Å². The van der Waals surface area contributed by atoms with E-state index in [-0.39, 0.29) is 11.9 Å². The van der Waals surface area contributed by atoms with E-state index in [9.17, 15) is 4.79 Å². The van der Waals surface area contributed by atoms with Crippen molar-refractivity contribution in [1.82, 2.24) is 4.90 Å². The molecule has 1 N–H and O–H groups in total. The van der Waals surface area contributed by atoms with Crippen LogP contribution in [-0.2, 0) is 6.54 Å². The zero-order valence-corrected chi connectivity index (χ0v) is 18.2. The topological polar surface area (TPSA) is 32.3 Å². The lowest BCUT2D eigenvalue weighted by atomic mass is 9.77. The first-order chi connectivity index (χ1) is 14.6. The number of benzene rings is 2. The van der Waals surface area contributed by atoms with Gasteiger partial charge in [0.1, 0.15) is 0 Å². The number of nitrogens with one attached hydrogen (secondary N) is 1. The van der Waals surface area contributed by atoms with E-state index in [0.717, 1.165) is 23.2 Å². The number of fused-ring (bicyclic) bond motifs is 3. The monoisotopic (exact) mass is 414 g/mol. The van der Waals surface area contributed by atoms with Crippen LogP contribution in [-0.4, -0.2) is 17.9 Å². The molecule has 3 nitrogen and oxygen atoms in total. The molecule has 5 rings (SSSR count). The molecule has 4 heteroatoms. The molecule has 0 bridgehead atoms. The predicted molar refractivity (Wildman–Crippen MR) is 124 cm³/mol. The van der Waals surface area contributed by atoms with Crippen LogP contribution in [0.2, 0.25) is 0 Å². The third kappa shape index (κ3) is 3.25. The fourth-order valence-corrected chi connectivity index (χ4v) is 5.95. The lowest BCUT2D eigenvalue weighted by Crippen LogP contribution is -2.32. The highest BCUT2D eigenvalue weighted by atomic mass is 32.1. The highest BCUT2D eigenvalue weighted by Crippen LogP contribution is 2.51. The van der Waals surface area contributed by atoms with Crippen LogP contribution in [0.5, 0.6) is 0 Å². The van der Waals surface area contributed by atoms with Crippen molar-refractivity contribution >= 4 is 22.9 Å². The highest BCUT2D eigenvalue weighted by Gasteiger charge is 2.40.